The zero-order valence-electron chi connectivity index (χ0n) is 12.9. The van der Waals surface area contributed by atoms with Crippen LogP contribution in [0.15, 0.2) is 41.8 Å². The molecule has 0 aliphatic rings. The van der Waals surface area contributed by atoms with Crippen molar-refractivity contribution < 1.29 is 9.59 Å². The molecule has 2 amide bonds. The van der Waals surface area contributed by atoms with Crippen molar-refractivity contribution in [3.8, 4) is 0 Å². The quantitative estimate of drug-likeness (QED) is 0.885. The van der Waals surface area contributed by atoms with E-state index in [1.54, 1.807) is 13.0 Å². The minimum atomic E-state index is -0.602. The predicted molar refractivity (Wildman–Crippen MR) is 90.4 cm³/mol. The topological polar surface area (TPSA) is 58.2 Å². The molecule has 0 unspecified atom stereocenters. The maximum Gasteiger partial charge on any atom is 0.261 e. The Morgan fingerprint density at radius 2 is 1.77 bits per heavy atom. The van der Waals surface area contributed by atoms with Crippen molar-refractivity contribution in [3.05, 3.63) is 52.2 Å². The van der Waals surface area contributed by atoms with Crippen LogP contribution in [0.1, 0.15) is 41.9 Å². The van der Waals surface area contributed by atoms with Gasteiger partial charge in [-0.15, -0.1) is 11.3 Å². The lowest BCUT2D eigenvalue weighted by molar-refractivity contribution is -0.117. The number of para-hydroxylation sites is 1. The Morgan fingerprint density at radius 3 is 2.41 bits per heavy atom. The molecule has 0 spiro atoms. The van der Waals surface area contributed by atoms with Crippen molar-refractivity contribution in [2.75, 3.05) is 5.32 Å². The Labute approximate surface area is 134 Å². The number of amides is 2. The molecule has 0 bridgehead atoms. The first-order valence-corrected chi connectivity index (χ1v) is 8.11. The molecule has 0 radical (unpaired) electrons. The minimum Gasteiger partial charge on any atom is -0.340 e. The van der Waals surface area contributed by atoms with Crippen LogP contribution < -0.4 is 10.6 Å². The van der Waals surface area contributed by atoms with E-state index in [0.717, 1.165) is 11.3 Å². The molecular weight excluding hydrogens is 296 g/mol. The predicted octanol–water partition coefficient (Wildman–Crippen LogP) is 3.63. The lowest BCUT2D eigenvalue weighted by Gasteiger charge is -2.17. The number of carbonyl (C=O) groups excluding carboxylic acids is 2. The first-order valence-electron chi connectivity index (χ1n) is 7.23. The van der Waals surface area contributed by atoms with Crippen molar-refractivity contribution in [3.63, 3.8) is 0 Å². The summed E-state index contributed by atoms with van der Waals surface area (Å²) in [4.78, 5) is 24.8. The van der Waals surface area contributed by atoms with Gasteiger partial charge in [-0.05, 0) is 35.9 Å². The maximum atomic E-state index is 12.3. The number of nitrogens with one attached hydrogen (secondary N) is 2. The summed E-state index contributed by atoms with van der Waals surface area (Å²) in [5.74, 6) is -0.139. The lowest BCUT2D eigenvalue weighted by Crippen LogP contribution is -2.41. The van der Waals surface area contributed by atoms with E-state index in [-0.39, 0.29) is 11.8 Å². The summed E-state index contributed by atoms with van der Waals surface area (Å²) >= 11 is 1.35. The summed E-state index contributed by atoms with van der Waals surface area (Å²) < 4.78 is 0. The van der Waals surface area contributed by atoms with Crippen LogP contribution in [0.25, 0.3) is 0 Å². The standard InChI is InChI=1S/C17H20N2O2S/c1-11(2)13-7-4-5-8-14(13)19-16(20)12(3)18-17(21)15-9-6-10-22-15/h4-12H,1-3H3,(H,18,21)(H,19,20)/t12-/m0/s1. The highest BCUT2D eigenvalue weighted by molar-refractivity contribution is 7.12. The first-order chi connectivity index (χ1) is 10.5. The second-order valence-electron chi connectivity index (χ2n) is 5.40. The van der Waals surface area contributed by atoms with Crippen LogP contribution in [0.5, 0.6) is 0 Å². The number of rotatable bonds is 5. The summed E-state index contributed by atoms with van der Waals surface area (Å²) in [6.45, 7) is 5.83. The van der Waals surface area contributed by atoms with Gasteiger partial charge in [0.05, 0.1) is 4.88 Å². The molecule has 2 N–H and O–H groups in total. The summed E-state index contributed by atoms with van der Waals surface area (Å²) in [7, 11) is 0. The van der Waals surface area contributed by atoms with Crippen molar-refractivity contribution in [1.82, 2.24) is 5.32 Å². The van der Waals surface area contributed by atoms with Crippen LogP contribution in [0.4, 0.5) is 5.69 Å². The Hall–Kier alpha value is -2.14. The zero-order valence-corrected chi connectivity index (χ0v) is 13.7. The summed E-state index contributed by atoms with van der Waals surface area (Å²) in [5.41, 5.74) is 1.87. The first kappa shape index (κ1) is 16.2. The fraction of sp³-hybridized carbons (Fsp3) is 0.294. The van der Waals surface area contributed by atoms with Crippen molar-refractivity contribution in [1.29, 1.82) is 0 Å². The van der Waals surface area contributed by atoms with E-state index < -0.39 is 6.04 Å². The Balaban J connectivity index is 2.01. The second kappa shape index (κ2) is 7.22. The normalized spacial score (nSPS) is 12.0. The molecule has 4 nitrogen and oxygen atoms in total. The van der Waals surface area contributed by atoms with Crippen molar-refractivity contribution >= 4 is 28.8 Å². The molecule has 2 rings (SSSR count). The van der Waals surface area contributed by atoms with E-state index in [2.05, 4.69) is 24.5 Å². The summed E-state index contributed by atoms with van der Waals surface area (Å²) in [6, 6.07) is 10.6. The third-order valence-electron chi connectivity index (χ3n) is 3.33. The van der Waals surface area contributed by atoms with Gasteiger partial charge in [0.15, 0.2) is 0 Å². The molecule has 1 aromatic heterocycles. The van der Waals surface area contributed by atoms with E-state index >= 15 is 0 Å². The van der Waals surface area contributed by atoms with Gasteiger partial charge in [-0.1, -0.05) is 38.1 Å². The Morgan fingerprint density at radius 1 is 1.05 bits per heavy atom. The van der Waals surface area contributed by atoms with Gasteiger partial charge in [-0.3, -0.25) is 9.59 Å². The van der Waals surface area contributed by atoms with Crippen LogP contribution in [0.3, 0.4) is 0 Å². The zero-order chi connectivity index (χ0) is 16.1. The van der Waals surface area contributed by atoms with E-state index in [1.165, 1.54) is 11.3 Å². The fourth-order valence-electron chi connectivity index (χ4n) is 2.10. The van der Waals surface area contributed by atoms with E-state index in [4.69, 9.17) is 0 Å². The molecule has 2 aromatic rings. The molecule has 0 aliphatic carbocycles. The number of thiophene rings is 1. The lowest BCUT2D eigenvalue weighted by atomic mass is 10.0. The van der Waals surface area contributed by atoms with Crippen LogP contribution >= 0.6 is 11.3 Å². The fourth-order valence-corrected chi connectivity index (χ4v) is 2.72. The van der Waals surface area contributed by atoms with E-state index in [0.29, 0.717) is 10.8 Å². The smallest absolute Gasteiger partial charge is 0.261 e. The molecule has 0 aliphatic heterocycles. The molecule has 1 aromatic carbocycles. The van der Waals surface area contributed by atoms with Gasteiger partial charge in [0.1, 0.15) is 6.04 Å². The van der Waals surface area contributed by atoms with Gasteiger partial charge < -0.3 is 10.6 Å². The van der Waals surface area contributed by atoms with Crippen LogP contribution in [0.2, 0.25) is 0 Å². The van der Waals surface area contributed by atoms with Gasteiger partial charge in [0.25, 0.3) is 5.91 Å². The Kier molecular flexibility index (Phi) is 5.33. The van der Waals surface area contributed by atoms with Gasteiger partial charge in [-0.25, -0.2) is 0 Å². The minimum absolute atomic E-state index is 0.224. The highest BCUT2D eigenvalue weighted by Gasteiger charge is 2.18. The Bertz CT molecular complexity index is 650. The third kappa shape index (κ3) is 3.95. The molecule has 0 saturated heterocycles. The van der Waals surface area contributed by atoms with Crippen LogP contribution in [-0.4, -0.2) is 17.9 Å². The number of hydrogen-bond acceptors (Lipinski definition) is 3. The molecular formula is C17H20N2O2S. The maximum absolute atomic E-state index is 12.3. The van der Waals surface area contributed by atoms with Gasteiger partial charge in [0, 0.05) is 5.69 Å². The molecule has 0 saturated carbocycles. The SMILES string of the molecule is CC(C)c1ccccc1NC(=O)[C@H](C)NC(=O)c1cccs1. The van der Waals surface area contributed by atoms with E-state index in [1.807, 2.05) is 35.7 Å². The van der Waals surface area contributed by atoms with E-state index in [9.17, 15) is 9.59 Å². The highest BCUT2D eigenvalue weighted by atomic mass is 32.1. The number of hydrogen-bond donors (Lipinski definition) is 2. The largest absolute Gasteiger partial charge is 0.340 e. The molecule has 1 atom stereocenters. The van der Waals surface area contributed by atoms with Gasteiger partial charge >= 0.3 is 0 Å². The summed E-state index contributed by atoms with van der Waals surface area (Å²) in [6.07, 6.45) is 0. The number of benzene rings is 1. The average molecular weight is 316 g/mol. The summed E-state index contributed by atoms with van der Waals surface area (Å²) in [5, 5.41) is 7.43. The van der Waals surface area contributed by atoms with Crippen molar-refractivity contribution in [2.24, 2.45) is 0 Å². The molecule has 116 valence electrons. The monoisotopic (exact) mass is 316 g/mol. The highest BCUT2D eigenvalue weighted by Crippen LogP contribution is 2.23. The third-order valence-corrected chi connectivity index (χ3v) is 4.20. The average Bonchev–Trinajstić information content (AvgIpc) is 3.01. The van der Waals surface area contributed by atoms with Gasteiger partial charge in [0.2, 0.25) is 5.91 Å². The molecule has 0 fully saturated rings. The molecule has 5 heteroatoms. The second-order valence-corrected chi connectivity index (χ2v) is 6.35. The number of carbonyl (C=O) groups is 2. The molecule has 1 heterocycles. The molecule has 22 heavy (non-hydrogen) atoms. The van der Waals surface area contributed by atoms with Crippen molar-refractivity contribution in [2.45, 2.75) is 32.7 Å². The van der Waals surface area contributed by atoms with Crippen LogP contribution in [0, 0.1) is 0 Å². The number of anilines is 1. The van der Waals surface area contributed by atoms with Gasteiger partial charge in [-0.2, -0.15) is 0 Å². The van der Waals surface area contributed by atoms with Crippen LogP contribution in [-0.2, 0) is 4.79 Å².